The molecule has 0 aliphatic carbocycles. The van der Waals surface area contributed by atoms with Crippen molar-refractivity contribution in [3.8, 4) is 33.6 Å². The molecule has 0 amide bonds. The average molecular weight is 588 g/mol. The molecule has 0 fully saturated rings. The van der Waals surface area contributed by atoms with Gasteiger partial charge in [0, 0.05) is 51.1 Å². The van der Waals surface area contributed by atoms with Gasteiger partial charge in [-0.15, -0.1) is 0 Å². The SMILES string of the molecule is CN1c2cc3c(cc2-c2ccccc2-c2cc4c5ccccc5n(-c5ccccc5)c4cc21)c1ccccc1n3-c1ccccc1. The van der Waals surface area contributed by atoms with E-state index in [1.807, 2.05) is 0 Å². The Morgan fingerprint density at radius 2 is 0.717 bits per heavy atom. The summed E-state index contributed by atoms with van der Waals surface area (Å²) in [7, 11) is 2.23. The molecule has 0 saturated carbocycles. The van der Waals surface area contributed by atoms with Gasteiger partial charge in [-0.1, -0.05) is 97.1 Å². The summed E-state index contributed by atoms with van der Waals surface area (Å²) in [6.07, 6.45) is 0. The fraction of sp³-hybridized carbons (Fsp3) is 0.0233. The van der Waals surface area contributed by atoms with Crippen molar-refractivity contribution in [2.75, 3.05) is 11.9 Å². The number of aromatic nitrogens is 2. The van der Waals surface area contributed by atoms with Gasteiger partial charge in [-0.05, 0) is 71.8 Å². The van der Waals surface area contributed by atoms with Crippen LogP contribution in [0.4, 0.5) is 11.4 Å². The van der Waals surface area contributed by atoms with Gasteiger partial charge in [-0.25, -0.2) is 0 Å². The van der Waals surface area contributed by atoms with Gasteiger partial charge in [0.15, 0.2) is 0 Å². The van der Waals surface area contributed by atoms with Crippen LogP contribution in [-0.2, 0) is 0 Å². The third kappa shape index (κ3) is 3.43. The number of hydrogen-bond acceptors (Lipinski definition) is 1. The Bertz CT molecular complexity index is 2460. The standard InChI is InChI=1S/C43H29N3/c1-44-40-26-42-36(32-20-10-12-22-38(32)45(42)28-14-4-2-5-15-28)24-34(40)30-18-8-9-19-31(30)35-25-37-33-21-11-13-23-39(33)46(43(37)27-41(35)44)29-16-6-3-7-17-29/h2-27H,1H3. The van der Waals surface area contributed by atoms with Crippen LogP contribution in [0.3, 0.4) is 0 Å². The van der Waals surface area contributed by atoms with E-state index in [9.17, 15) is 0 Å². The van der Waals surface area contributed by atoms with Crippen LogP contribution in [0.15, 0.2) is 158 Å². The van der Waals surface area contributed by atoms with Crippen LogP contribution in [0.5, 0.6) is 0 Å². The van der Waals surface area contributed by atoms with Crippen molar-refractivity contribution in [1.82, 2.24) is 9.13 Å². The first-order valence-corrected chi connectivity index (χ1v) is 15.8. The number of nitrogens with zero attached hydrogens (tertiary/aromatic N) is 3. The summed E-state index contributed by atoms with van der Waals surface area (Å²) in [5.74, 6) is 0. The van der Waals surface area contributed by atoms with Gasteiger partial charge in [0.25, 0.3) is 0 Å². The lowest BCUT2D eigenvalue weighted by atomic mass is 9.93. The molecule has 10 rings (SSSR count). The van der Waals surface area contributed by atoms with E-state index < -0.39 is 0 Å². The van der Waals surface area contributed by atoms with Crippen LogP contribution in [0.1, 0.15) is 0 Å². The van der Waals surface area contributed by atoms with E-state index in [-0.39, 0.29) is 0 Å². The van der Waals surface area contributed by atoms with E-state index >= 15 is 0 Å². The lowest BCUT2D eigenvalue weighted by Crippen LogP contribution is -2.11. The molecule has 46 heavy (non-hydrogen) atoms. The fourth-order valence-corrected chi connectivity index (χ4v) is 7.79. The molecule has 0 N–H and O–H groups in total. The summed E-state index contributed by atoms with van der Waals surface area (Å²) in [4.78, 5) is 2.41. The maximum atomic E-state index is 2.42. The number of anilines is 2. The first-order chi connectivity index (χ1) is 22.8. The maximum absolute atomic E-state index is 2.42. The molecule has 0 radical (unpaired) electrons. The first kappa shape index (κ1) is 25.3. The van der Waals surface area contributed by atoms with Crippen LogP contribution in [0, 0.1) is 0 Å². The number of fused-ring (bicyclic) bond motifs is 11. The van der Waals surface area contributed by atoms with E-state index in [1.54, 1.807) is 0 Å². The zero-order valence-electron chi connectivity index (χ0n) is 25.4. The highest BCUT2D eigenvalue weighted by molar-refractivity contribution is 6.16. The van der Waals surface area contributed by atoms with Gasteiger partial charge in [0.05, 0.1) is 33.4 Å². The van der Waals surface area contributed by atoms with Gasteiger partial charge >= 0.3 is 0 Å². The molecule has 3 heterocycles. The van der Waals surface area contributed by atoms with Crippen molar-refractivity contribution in [1.29, 1.82) is 0 Å². The minimum absolute atomic E-state index is 1.17. The lowest BCUT2D eigenvalue weighted by Gasteiger charge is -2.23. The van der Waals surface area contributed by atoms with Crippen LogP contribution in [-0.4, -0.2) is 16.2 Å². The molecular weight excluding hydrogens is 558 g/mol. The predicted octanol–water partition coefficient (Wildman–Crippen LogP) is 11.3. The highest BCUT2D eigenvalue weighted by Crippen LogP contribution is 2.51. The number of rotatable bonds is 2. The third-order valence-electron chi connectivity index (χ3n) is 9.84. The van der Waals surface area contributed by atoms with Gasteiger partial charge < -0.3 is 14.0 Å². The second kappa shape index (κ2) is 9.47. The zero-order chi connectivity index (χ0) is 30.4. The molecule has 7 aromatic carbocycles. The van der Waals surface area contributed by atoms with E-state index in [4.69, 9.17) is 0 Å². The number of hydrogen-bond donors (Lipinski definition) is 0. The Morgan fingerprint density at radius 3 is 1.17 bits per heavy atom. The quantitative estimate of drug-likeness (QED) is 0.196. The zero-order valence-corrected chi connectivity index (χ0v) is 25.4. The van der Waals surface area contributed by atoms with Gasteiger partial charge in [-0.2, -0.15) is 0 Å². The molecule has 0 bridgehead atoms. The first-order valence-electron chi connectivity index (χ1n) is 15.8. The summed E-state index contributed by atoms with van der Waals surface area (Å²) in [5.41, 5.74) is 14.6. The van der Waals surface area contributed by atoms with E-state index in [1.165, 1.54) is 88.6 Å². The van der Waals surface area contributed by atoms with Crippen LogP contribution < -0.4 is 4.90 Å². The molecule has 3 nitrogen and oxygen atoms in total. The Hall–Kier alpha value is -6.06. The number of benzene rings is 7. The van der Waals surface area contributed by atoms with Crippen LogP contribution in [0.2, 0.25) is 0 Å². The normalized spacial score (nSPS) is 12.4. The molecular formula is C43H29N3. The Kier molecular flexibility index (Phi) is 5.20. The Labute approximate surface area is 266 Å². The highest BCUT2D eigenvalue weighted by atomic mass is 15.1. The second-order valence-corrected chi connectivity index (χ2v) is 12.3. The second-order valence-electron chi connectivity index (χ2n) is 12.3. The van der Waals surface area contributed by atoms with Crippen molar-refractivity contribution in [2.24, 2.45) is 0 Å². The summed E-state index contributed by atoms with van der Waals surface area (Å²) in [5, 5.41) is 5.05. The Balaban J connectivity index is 1.33. The van der Waals surface area contributed by atoms with Crippen molar-refractivity contribution >= 4 is 55.0 Å². The molecule has 0 saturated heterocycles. The molecule has 1 aliphatic heterocycles. The molecule has 3 heteroatoms. The molecule has 2 aromatic heterocycles. The maximum Gasteiger partial charge on any atom is 0.0562 e. The third-order valence-corrected chi connectivity index (χ3v) is 9.84. The van der Waals surface area contributed by atoms with Crippen molar-refractivity contribution in [3.05, 3.63) is 158 Å². The average Bonchev–Trinajstić information content (AvgIpc) is 3.60. The number of para-hydroxylation sites is 4. The molecule has 9 aromatic rings. The van der Waals surface area contributed by atoms with Gasteiger partial charge in [-0.3, -0.25) is 0 Å². The van der Waals surface area contributed by atoms with E-state index in [2.05, 4.69) is 179 Å². The van der Waals surface area contributed by atoms with Crippen molar-refractivity contribution in [2.45, 2.75) is 0 Å². The smallest absolute Gasteiger partial charge is 0.0562 e. The van der Waals surface area contributed by atoms with E-state index in [0.29, 0.717) is 0 Å². The van der Waals surface area contributed by atoms with Crippen molar-refractivity contribution < 1.29 is 0 Å². The van der Waals surface area contributed by atoms with Crippen molar-refractivity contribution in [3.63, 3.8) is 0 Å². The summed E-state index contributed by atoms with van der Waals surface area (Å²) in [6.45, 7) is 0. The van der Waals surface area contributed by atoms with E-state index in [0.717, 1.165) is 0 Å². The summed E-state index contributed by atoms with van der Waals surface area (Å²) in [6, 6.07) is 57.6. The lowest BCUT2D eigenvalue weighted by molar-refractivity contribution is 1.16. The molecule has 216 valence electrons. The molecule has 1 aliphatic rings. The summed E-state index contributed by atoms with van der Waals surface area (Å²) >= 11 is 0. The fourth-order valence-electron chi connectivity index (χ4n) is 7.79. The molecule has 0 unspecified atom stereocenters. The topological polar surface area (TPSA) is 13.1 Å². The minimum Gasteiger partial charge on any atom is -0.343 e. The minimum atomic E-state index is 1.17. The largest absolute Gasteiger partial charge is 0.343 e. The molecule has 0 atom stereocenters. The summed E-state index contributed by atoms with van der Waals surface area (Å²) < 4.78 is 4.82. The Morgan fingerprint density at radius 1 is 0.326 bits per heavy atom. The van der Waals surface area contributed by atoms with Crippen LogP contribution in [0.25, 0.3) is 77.2 Å². The van der Waals surface area contributed by atoms with Crippen LogP contribution >= 0.6 is 0 Å². The monoisotopic (exact) mass is 587 g/mol. The highest BCUT2D eigenvalue weighted by Gasteiger charge is 2.27. The predicted molar refractivity (Wildman–Crippen MR) is 194 cm³/mol. The van der Waals surface area contributed by atoms with Gasteiger partial charge in [0.2, 0.25) is 0 Å². The van der Waals surface area contributed by atoms with Gasteiger partial charge in [0.1, 0.15) is 0 Å². The molecule has 0 spiro atoms.